The Kier molecular flexibility index (Phi) is 5.83. The van der Waals surface area contributed by atoms with Crippen LogP contribution < -0.4 is 10.2 Å². The van der Waals surface area contributed by atoms with Crippen molar-refractivity contribution in [3.63, 3.8) is 0 Å². The van der Waals surface area contributed by atoms with Crippen LogP contribution in [0.4, 0.5) is 20.3 Å². The van der Waals surface area contributed by atoms with E-state index in [2.05, 4.69) is 30.2 Å². The lowest BCUT2D eigenvalue weighted by atomic mass is 10.1. The summed E-state index contributed by atoms with van der Waals surface area (Å²) >= 11 is 0. The number of nitrogens with zero attached hydrogens (tertiary/aromatic N) is 6. The highest BCUT2D eigenvalue weighted by Gasteiger charge is 2.24. The van der Waals surface area contributed by atoms with Crippen LogP contribution in [0.3, 0.4) is 0 Å². The SMILES string of the molecule is Cc1cc(-c2ncc(CNc3ncc(C)c(N4CCc5ncncc5C4)c3F)cc2F)ccn1. The second-order valence-corrected chi connectivity index (χ2v) is 8.33. The van der Waals surface area contributed by atoms with E-state index in [0.29, 0.717) is 29.9 Å². The first kappa shape index (κ1) is 21.8. The highest BCUT2D eigenvalue weighted by atomic mass is 19.1. The Hall–Kier alpha value is -4.01. The lowest BCUT2D eigenvalue weighted by Crippen LogP contribution is -2.32. The standard InChI is InChI=1S/C25H23F2N7/c1-15-9-31-25(22(27)24(15)34-6-4-21-19(13-34)12-28-14-33-21)32-11-17-8-20(26)23(30-10-17)18-3-5-29-16(2)7-18/h3,5,7-10,12,14H,4,6,11,13H2,1-2H3,(H,31,32). The lowest BCUT2D eigenvalue weighted by molar-refractivity contribution is 0.602. The number of hydrogen-bond acceptors (Lipinski definition) is 7. The minimum atomic E-state index is -0.447. The molecule has 0 saturated carbocycles. The van der Waals surface area contributed by atoms with E-state index in [9.17, 15) is 4.39 Å². The first-order valence-electron chi connectivity index (χ1n) is 11.0. The van der Waals surface area contributed by atoms with E-state index in [1.807, 2.05) is 18.7 Å². The van der Waals surface area contributed by atoms with Gasteiger partial charge in [-0.15, -0.1) is 0 Å². The van der Waals surface area contributed by atoms with Gasteiger partial charge >= 0.3 is 0 Å². The molecule has 172 valence electrons. The van der Waals surface area contributed by atoms with Gasteiger partial charge < -0.3 is 10.2 Å². The third-order valence-corrected chi connectivity index (χ3v) is 5.88. The summed E-state index contributed by atoms with van der Waals surface area (Å²) in [6, 6.07) is 4.90. The van der Waals surface area contributed by atoms with Gasteiger partial charge in [0.15, 0.2) is 11.6 Å². The van der Waals surface area contributed by atoms with E-state index in [4.69, 9.17) is 0 Å². The summed E-state index contributed by atoms with van der Waals surface area (Å²) in [6.45, 7) is 5.04. The van der Waals surface area contributed by atoms with Gasteiger partial charge in [-0.3, -0.25) is 9.97 Å². The molecule has 0 atom stereocenters. The molecule has 1 N–H and O–H groups in total. The molecule has 5 rings (SSSR count). The van der Waals surface area contributed by atoms with Crippen LogP contribution in [0.2, 0.25) is 0 Å². The van der Waals surface area contributed by atoms with Crippen molar-refractivity contribution in [3.05, 3.63) is 89.0 Å². The molecule has 0 spiro atoms. The fraction of sp³-hybridized carbons (Fsp3) is 0.240. The molecule has 4 aromatic rings. The molecule has 7 nitrogen and oxygen atoms in total. The molecular weight excluding hydrogens is 436 g/mol. The first-order valence-corrected chi connectivity index (χ1v) is 11.0. The van der Waals surface area contributed by atoms with Crippen LogP contribution in [0.1, 0.15) is 28.1 Å². The fourth-order valence-electron chi connectivity index (χ4n) is 4.20. The van der Waals surface area contributed by atoms with Gasteiger partial charge in [0.25, 0.3) is 0 Å². The molecule has 34 heavy (non-hydrogen) atoms. The highest BCUT2D eigenvalue weighted by molar-refractivity contribution is 5.62. The molecule has 0 aliphatic carbocycles. The van der Waals surface area contributed by atoms with Crippen LogP contribution in [0.5, 0.6) is 0 Å². The second-order valence-electron chi connectivity index (χ2n) is 8.33. The average Bonchev–Trinajstić information content (AvgIpc) is 2.83. The maximum Gasteiger partial charge on any atom is 0.188 e. The van der Waals surface area contributed by atoms with E-state index in [-0.39, 0.29) is 18.1 Å². The molecule has 0 radical (unpaired) electrons. The number of rotatable bonds is 5. The van der Waals surface area contributed by atoms with Gasteiger partial charge in [0.05, 0.1) is 11.4 Å². The van der Waals surface area contributed by atoms with Crippen molar-refractivity contribution in [1.29, 1.82) is 0 Å². The van der Waals surface area contributed by atoms with Gasteiger partial charge in [-0.05, 0) is 43.2 Å². The van der Waals surface area contributed by atoms with Crippen LogP contribution in [0, 0.1) is 25.5 Å². The van der Waals surface area contributed by atoms with Crippen LogP contribution in [-0.4, -0.2) is 31.5 Å². The predicted molar refractivity (Wildman–Crippen MR) is 125 cm³/mol. The summed E-state index contributed by atoms with van der Waals surface area (Å²) in [5.74, 6) is -0.764. The molecule has 5 heterocycles. The molecule has 0 aromatic carbocycles. The maximum atomic E-state index is 15.5. The van der Waals surface area contributed by atoms with Crippen molar-refractivity contribution in [2.75, 3.05) is 16.8 Å². The van der Waals surface area contributed by atoms with Gasteiger partial charge in [0.2, 0.25) is 0 Å². The summed E-state index contributed by atoms with van der Waals surface area (Å²) in [6.07, 6.45) is 8.88. The summed E-state index contributed by atoms with van der Waals surface area (Å²) in [4.78, 5) is 23.0. The smallest absolute Gasteiger partial charge is 0.188 e. The van der Waals surface area contributed by atoms with Gasteiger partial charge in [0.1, 0.15) is 17.8 Å². The van der Waals surface area contributed by atoms with Crippen molar-refractivity contribution >= 4 is 11.5 Å². The quantitative estimate of drug-likeness (QED) is 0.474. The molecule has 0 amide bonds. The highest BCUT2D eigenvalue weighted by Crippen LogP contribution is 2.31. The molecule has 0 fully saturated rings. The van der Waals surface area contributed by atoms with Crippen LogP contribution >= 0.6 is 0 Å². The Balaban J connectivity index is 1.34. The summed E-state index contributed by atoms with van der Waals surface area (Å²) in [7, 11) is 0. The second kappa shape index (κ2) is 9.09. The molecule has 1 aliphatic rings. The molecule has 0 unspecified atom stereocenters. The van der Waals surface area contributed by atoms with Gasteiger partial charge in [-0.25, -0.2) is 23.7 Å². The maximum absolute atomic E-state index is 15.5. The molecule has 9 heteroatoms. The summed E-state index contributed by atoms with van der Waals surface area (Å²) in [5.41, 5.74) is 5.51. The number of aryl methyl sites for hydroxylation is 2. The van der Waals surface area contributed by atoms with Crippen molar-refractivity contribution < 1.29 is 8.78 Å². The Morgan fingerprint density at radius 1 is 1.03 bits per heavy atom. The topological polar surface area (TPSA) is 79.7 Å². The number of anilines is 2. The third-order valence-electron chi connectivity index (χ3n) is 5.88. The fourth-order valence-corrected chi connectivity index (χ4v) is 4.20. The zero-order valence-corrected chi connectivity index (χ0v) is 18.9. The van der Waals surface area contributed by atoms with Crippen LogP contribution in [-0.2, 0) is 19.5 Å². The number of halogens is 2. The predicted octanol–water partition coefficient (Wildman–Crippen LogP) is 4.40. The Morgan fingerprint density at radius 2 is 1.91 bits per heavy atom. The van der Waals surface area contributed by atoms with Gasteiger partial charge in [-0.1, -0.05) is 0 Å². The first-order chi connectivity index (χ1) is 16.5. The molecular formula is C25H23F2N7. The third kappa shape index (κ3) is 4.28. The number of pyridine rings is 3. The Morgan fingerprint density at radius 3 is 2.74 bits per heavy atom. The number of nitrogens with one attached hydrogen (secondary N) is 1. The van der Waals surface area contributed by atoms with Crippen molar-refractivity contribution in [3.8, 4) is 11.3 Å². The number of fused-ring (bicyclic) bond motifs is 1. The normalized spacial score (nSPS) is 13.0. The van der Waals surface area contributed by atoms with Gasteiger partial charge in [0, 0.05) is 67.7 Å². The van der Waals surface area contributed by atoms with E-state index >= 15 is 4.39 Å². The number of hydrogen-bond donors (Lipinski definition) is 1. The van der Waals surface area contributed by atoms with Gasteiger partial charge in [-0.2, -0.15) is 0 Å². The van der Waals surface area contributed by atoms with Crippen molar-refractivity contribution in [1.82, 2.24) is 24.9 Å². The molecule has 0 saturated heterocycles. The Labute approximate surface area is 196 Å². The van der Waals surface area contributed by atoms with E-state index in [1.54, 1.807) is 36.9 Å². The minimum Gasteiger partial charge on any atom is -0.364 e. The summed E-state index contributed by atoms with van der Waals surface area (Å²) < 4.78 is 30.2. The zero-order valence-electron chi connectivity index (χ0n) is 18.9. The van der Waals surface area contributed by atoms with Crippen molar-refractivity contribution in [2.24, 2.45) is 0 Å². The minimum absolute atomic E-state index is 0.116. The van der Waals surface area contributed by atoms with Crippen LogP contribution in [0.15, 0.2) is 49.3 Å². The average molecular weight is 460 g/mol. The van der Waals surface area contributed by atoms with Crippen molar-refractivity contribution in [2.45, 2.75) is 33.4 Å². The lowest BCUT2D eigenvalue weighted by Gasteiger charge is -2.31. The monoisotopic (exact) mass is 459 g/mol. The molecule has 1 aliphatic heterocycles. The Bertz CT molecular complexity index is 1360. The summed E-state index contributed by atoms with van der Waals surface area (Å²) in [5, 5.41) is 3.00. The zero-order chi connectivity index (χ0) is 23.7. The van der Waals surface area contributed by atoms with Crippen LogP contribution in [0.25, 0.3) is 11.3 Å². The van der Waals surface area contributed by atoms with E-state index in [1.165, 1.54) is 12.4 Å². The molecule has 0 bridgehead atoms. The number of aromatic nitrogens is 5. The van der Waals surface area contributed by atoms with E-state index < -0.39 is 11.6 Å². The van der Waals surface area contributed by atoms with E-state index in [0.717, 1.165) is 28.9 Å². The largest absolute Gasteiger partial charge is 0.364 e. The molecule has 4 aromatic heterocycles.